The first-order valence-corrected chi connectivity index (χ1v) is 11.7. The highest BCUT2D eigenvalue weighted by atomic mass is 32.1. The maximum atomic E-state index is 13.4. The fourth-order valence-corrected chi connectivity index (χ4v) is 5.78. The molecule has 1 aliphatic heterocycles. The lowest BCUT2D eigenvalue weighted by molar-refractivity contribution is -0.116. The molecule has 6 nitrogen and oxygen atoms in total. The quantitative estimate of drug-likeness (QED) is 0.550. The van der Waals surface area contributed by atoms with Gasteiger partial charge in [0, 0.05) is 53.2 Å². The molecule has 1 aliphatic carbocycles. The van der Waals surface area contributed by atoms with Crippen molar-refractivity contribution in [1.29, 1.82) is 0 Å². The number of ketones is 1. The van der Waals surface area contributed by atoms with Crippen molar-refractivity contribution in [2.75, 3.05) is 23.3 Å². The Morgan fingerprint density at radius 1 is 1.03 bits per heavy atom. The third-order valence-electron chi connectivity index (χ3n) is 6.48. The van der Waals surface area contributed by atoms with Crippen LogP contribution in [0.1, 0.15) is 54.5 Å². The van der Waals surface area contributed by atoms with Crippen molar-refractivity contribution >= 4 is 28.6 Å². The number of thiophene rings is 1. The number of aromatic amines is 2. The van der Waals surface area contributed by atoms with E-state index in [0.717, 1.165) is 42.0 Å². The summed E-state index contributed by atoms with van der Waals surface area (Å²) in [7, 11) is 0. The number of carbonyl (C=O) groups excluding carboxylic acids is 1. The minimum absolute atomic E-state index is 0.121. The van der Waals surface area contributed by atoms with E-state index in [2.05, 4.69) is 70.0 Å². The van der Waals surface area contributed by atoms with Crippen LogP contribution in [0.5, 0.6) is 0 Å². The van der Waals surface area contributed by atoms with Gasteiger partial charge in [0.05, 0.1) is 5.56 Å². The van der Waals surface area contributed by atoms with Gasteiger partial charge in [-0.15, -0.1) is 11.3 Å². The molecule has 31 heavy (non-hydrogen) atoms. The lowest BCUT2D eigenvalue weighted by atomic mass is 9.74. The van der Waals surface area contributed by atoms with Gasteiger partial charge in [-0.2, -0.15) is 0 Å². The number of H-pyrrole nitrogens is 2. The number of Topliss-reactive ketones (excluding diaryl/α,β-unsaturated/α-hetero) is 1. The Labute approximate surface area is 185 Å². The summed E-state index contributed by atoms with van der Waals surface area (Å²) in [6, 6.07) is 12.4. The van der Waals surface area contributed by atoms with E-state index < -0.39 is 0 Å². The standard InChI is InChI=1S/C24H26N4O2S/c1-3-28(4-2)16-9-7-14(8-10-16)20-21-17(25-23-22(20)24(30)27-26-23)12-15(13-18(21)29)19-6-5-11-31-19/h5-11,15,20H,3-4,12-13H2,1-2H3,(H3,25,26,27,30)/t15-,20-/m0/s1. The fraction of sp³-hybridized carbons (Fsp3) is 0.333. The van der Waals surface area contributed by atoms with Crippen molar-refractivity contribution in [3.8, 4) is 0 Å². The molecule has 0 amide bonds. The van der Waals surface area contributed by atoms with E-state index >= 15 is 0 Å². The molecule has 5 rings (SSSR count). The molecule has 0 saturated heterocycles. The van der Waals surface area contributed by atoms with Crippen LogP contribution >= 0.6 is 11.3 Å². The van der Waals surface area contributed by atoms with Crippen molar-refractivity contribution in [3.05, 3.63) is 79.4 Å². The van der Waals surface area contributed by atoms with E-state index in [-0.39, 0.29) is 23.2 Å². The Balaban J connectivity index is 1.58. The number of carbonyl (C=O) groups is 1. The summed E-state index contributed by atoms with van der Waals surface area (Å²) in [6.45, 7) is 6.14. The smallest absolute Gasteiger partial charge is 0.270 e. The summed E-state index contributed by atoms with van der Waals surface area (Å²) in [4.78, 5) is 29.6. The SMILES string of the molecule is CCN(CC)c1ccc([C@H]2C3=C(C[C@H](c4cccs4)CC3=O)Nc3[nH][nH]c(=O)c32)cc1. The first-order chi connectivity index (χ1) is 15.1. The molecule has 0 saturated carbocycles. The maximum Gasteiger partial charge on any atom is 0.270 e. The first-order valence-electron chi connectivity index (χ1n) is 10.8. The van der Waals surface area contributed by atoms with Crippen LogP contribution in [-0.4, -0.2) is 29.1 Å². The minimum atomic E-state index is -0.358. The second kappa shape index (κ2) is 7.89. The molecule has 0 unspecified atom stereocenters. The zero-order valence-corrected chi connectivity index (χ0v) is 18.5. The van der Waals surface area contributed by atoms with Crippen LogP contribution in [0, 0.1) is 0 Å². The second-order valence-electron chi connectivity index (χ2n) is 8.13. The number of nitrogens with one attached hydrogen (secondary N) is 3. The number of hydrogen-bond donors (Lipinski definition) is 3. The van der Waals surface area contributed by atoms with Crippen molar-refractivity contribution in [1.82, 2.24) is 10.2 Å². The molecule has 160 valence electrons. The van der Waals surface area contributed by atoms with Crippen molar-refractivity contribution in [2.45, 2.75) is 38.5 Å². The van der Waals surface area contributed by atoms with Gasteiger partial charge in [-0.1, -0.05) is 18.2 Å². The van der Waals surface area contributed by atoms with Crippen molar-refractivity contribution in [3.63, 3.8) is 0 Å². The topological polar surface area (TPSA) is 81.0 Å². The summed E-state index contributed by atoms with van der Waals surface area (Å²) < 4.78 is 0. The third-order valence-corrected chi connectivity index (χ3v) is 7.51. The molecule has 3 heterocycles. The van der Waals surface area contributed by atoms with Gasteiger partial charge in [-0.3, -0.25) is 19.8 Å². The van der Waals surface area contributed by atoms with Crippen LogP contribution in [0.15, 0.2) is 57.8 Å². The van der Waals surface area contributed by atoms with Crippen molar-refractivity contribution < 1.29 is 4.79 Å². The summed E-state index contributed by atoms with van der Waals surface area (Å²) >= 11 is 1.70. The Morgan fingerprint density at radius 2 is 1.81 bits per heavy atom. The van der Waals surface area contributed by atoms with Gasteiger partial charge in [0.15, 0.2) is 5.78 Å². The van der Waals surface area contributed by atoms with E-state index in [1.165, 1.54) is 4.88 Å². The van der Waals surface area contributed by atoms with Crippen LogP contribution in [0.3, 0.4) is 0 Å². The van der Waals surface area contributed by atoms with E-state index in [0.29, 0.717) is 17.8 Å². The second-order valence-corrected chi connectivity index (χ2v) is 9.10. The van der Waals surface area contributed by atoms with Gasteiger partial charge in [0.1, 0.15) is 5.82 Å². The Kier molecular flexibility index (Phi) is 5.06. The number of rotatable bonds is 5. The zero-order valence-electron chi connectivity index (χ0n) is 17.7. The summed E-state index contributed by atoms with van der Waals surface area (Å²) in [5.74, 6) is 0.609. The van der Waals surface area contributed by atoms with Crippen LogP contribution in [0.25, 0.3) is 0 Å². The van der Waals surface area contributed by atoms with Gasteiger partial charge in [-0.05, 0) is 49.4 Å². The van der Waals surface area contributed by atoms with Crippen LogP contribution in [-0.2, 0) is 4.79 Å². The number of fused-ring (bicyclic) bond motifs is 1. The van der Waals surface area contributed by atoms with Gasteiger partial charge < -0.3 is 10.2 Å². The molecule has 2 aliphatic rings. The van der Waals surface area contributed by atoms with Crippen LogP contribution < -0.4 is 15.8 Å². The van der Waals surface area contributed by atoms with Crippen LogP contribution in [0.4, 0.5) is 11.5 Å². The molecule has 1 aromatic carbocycles. The Hall–Kier alpha value is -3.06. The summed E-state index contributed by atoms with van der Waals surface area (Å²) in [6.07, 6.45) is 1.25. The van der Waals surface area contributed by atoms with E-state index in [1.807, 2.05) is 6.07 Å². The average molecular weight is 435 g/mol. The van der Waals surface area contributed by atoms with Gasteiger partial charge in [0.2, 0.25) is 0 Å². The van der Waals surface area contributed by atoms with E-state index in [1.54, 1.807) is 11.3 Å². The zero-order chi connectivity index (χ0) is 21.5. The molecular weight excluding hydrogens is 408 g/mol. The number of allylic oxidation sites excluding steroid dienone is 2. The molecular formula is C24H26N4O2S. The third kappa shape index (κ3) is 3.33. The molecule has 0 fully saturated rings. The predicted molar refractivity (Wildman–Crippen MR) is 125 cm³/mol. The molecule has 3 aromatic rings. The summed E-state index contributed by atoms with van der Waals surface area (Å²) in [5, 5.41) is 11.1. The first kappa shape index (κ1) is 19.9. The predicted octanol–water partition coefficient (Wildman–Crippen LogP) is 4.57. The number of nitrogens with zero attached hydrogens (tertiary/aromatic N) is 1. The lowest BCUT2D eigenvalue weighted by Gasteiger charge is -2.34. The maximum absolute atomic E-state index is 13.4. The minimum Gasteiger partial charge on any atom is -0.372 e. The number of hydrogen-bond acceptors (Lipinski definition) is 5. The van der Waals surface area contributed by atoms with Crippen molar-refractivity contribution in [2.24, 2.45) is 0 Å². The highest BCUT2D eigenvalue weighted by Crippen LogP contribution is 2.47. The molecule has 2 aromatic heterocycles. The Bertz CT molecular complexity index is 1180. The van der Waals surface area contributed by atoms with Gasteiger partial charge >= 0.3 is 0 Å². The molecule has 2 atom stereocenters. The van der Waals surface area contributed by atoms with Crippen LogP contribution in [0.2, 0.25) is 0 Å². The highest BCUT2D eigenvalue weighted by Gasteiger charge is 2.40. The van der Waals surface area contributed by atoms with E-state index in [9.17, 15) is 9.59 Å². The summed E-state index contributed by atoms with van der Waals surface area (Å²) in [5.41, 5.74) is 4.19. The number of benzene rings is 1. The Morgan fingerprint density at radius 3 is 2.48 bits per heavy atom. The normalized spacial score (nSPS) is 20.3. The van der Waals surface area contributed by atoms with Gasteiger partial charge in [0.25, 0.3) is 5.56 Å². The molecule has 3 N–H and O–H groups in total. The fourth-order valence-electron chi connectivity index (χ4n) is 4.95. The van der Waals surface area contributed by atoms with E-state index in [4.69, 9.17) is 0 Å². The average Bonchev–Trinajstić information content (AvgIpc) is 3.44. The molecule has 0 spiro atoms. The number of aromatic nitrogens is 2. The molecule has 7 heteroatoms. The largest absolute Gasteiger partial charge is 0.372 e. The number of anilines is 2. The molecule has 0 radical (unpaired) electrons. The molecule has 0 bridgehead atoms. The lowest BCUT2D eigenvalue weighted by Crippen LogP contribution is -2.31. The highest BCUT2D eigenvalue weighted by molar-refractivity contribution is 7.10. The van der Waals surface area contributed by atoms with Gasteiger partial charge in [-0.25, -0.2) is 0 Å². The monoisotopic (exact) mass is 434 g/mol.